The minimum Gasteiger partial charge on any atom is -0.372 e. The lowest BCUT2D eigenvalue weighted by Gasteiger charge is -2.37. The van der Waals surface area contributed by atoms with Crippen LogP contribution < -0.4 is 0 Å². The fourth-order valence-corrected chi connectivity index (χ4v) is 7.56. The largest absolute Gasteiger partial charge is 0.372 e. The van der Waals surface area contributed by atoms with Gasteiger partial charge in [-0.15, -0.1) is 18.3 Å². The second kappa shape index (κ2) is 23.8. The van der Waals surface area contributed by atoms with E-state index in [0.29, 0.717) is 6.04 Å². The van der Waals surface area contributed by atoms with Crippen LogP contribution in [0, 0.1) is 23.2 Å². The lowest BCUT2D eigenvalue weighted by molar-refractivity contribution is 0.244. The zero-order valence-corrected chi connectivity index (χ0v) is 30.0. The van der Waals surface area contributed by atoms with Crippen molar-refractivity contribution < 1.29 is 0 Å². The molecule has 1 nitrogen and oxygen atoms in total. The Balaban J connectivity index is 0.00000106. The van der Waals surface area contributed by atoms with Gasteiger partial charge < -0.3 is 4.90 Å². The van der Waals surface area contributed by atoms with Crippen molar-refractivity contribution in [3.05, 3.63) is 35.4 Å². The third kappa shape index (κ3) is 18.7. The first kappa shape index (κ1) is 39.3. The average molecular weight is 590 g/mol. The molecule has 40 heavy (non-hydrogen) atoms. The second-order valence-electron chi connectivity index (χ2n) is 12.5. The summed E-state index contributed by atoms with van der Waals surface area (Å²) in [4.78, 5) is 3.67. The maximum atomic E-state index is 3.39. The molecule has 0 aromatic heterocycles. The lowest BCUT2D eigenvalue weighted by Crippen LogP contribution is -2.35. The van der Waals surface area contributed by atoms with Gasteiger partial charge in [-0.1, -0.05) is 96.1 Å². The van der Waals surface area contributed by atoms with Gasteiger partial charge >= 0.3 is 0 Å². The molecule has 3 aliphatic rings. The van der Waals surface area contributed by atoms with Gasteiger partial charge in [0.15, 0.2) is 0 Å². The fraction of sp³-hybridized carbons (Fsp3) is 0.784. The van der Waals surface area contributed by atoms with Gasteiger partial charge in [0.1, 0.15) is 0 Å². The van der Waals surface area contributed by atoms with Crippen LogP contribution in [0.2, 0.25) is 0 Å². The number of allylic oxidation sites excluding steroid dienone is 4. The smallest absolute Gasteiger partial charge is 0.0591 e. The second-order valence-corrected chi connectivity index (χ2v) is 15.0. The number of nitrogens with zero attached hydrogens (tertiary/aromatic N) is 1. The summed E-state index contributed by atoms with van der Waals surface area (Å²) in [5.41, 5.74) is 1.36. The van der Waals surface area contributed by atoms with Gasteiger partial charge in [0.2, 0.25) is 0 Å². The minimum absolute atomic E-state index is 0.0468. The Morgan fingerprint density at radius 3 is 1.70 bits per heavy atom. The molecule has 0 N–H and O–H groups in total. The first-order valence-electron chi connectivity index (χ1n) is 16.5. The molecular formula is C37H67NS2. The van der Waals surface area contributed by atoms with E-state index in [4.69, 9.17) is 0 Å². The Kier molecular flexibility index (Phi) is 23.4. The highest BCUT2D eigenvalue weighted by Crippen LogP contribution is 2.38. The Labute approximate surface area is 261 Å². The zero-order valence-electron chi connectivity index (χ0n) is 28.4. The van der Waals surface area contributed by atoms with Crippen molar-refractivity contribution in [3.63, 3.8) is 0 Å². The minimum atomic E-state index is 0.0468. The molecule has 3 aliphatic carbocycles. The average Bonchev–Trinajstić information content (AvgIpc) is 2.96. The van der Waals surface area contributed by atoms with Gasteiger partial charge in [0.25, 0.3) is 0 Å². The molecular weight excluding hydrogens is 523 g/mol. The summed E-state index contributed by atoms with van der Waals surface area (Å²) in [6.07, 6.45) is 28.6. The van der Waals surface area contributed by atoms with Crippen molar-refractivity contribution >= 4 is 23.5 Å². The standard InChI is InChI=1S/C25H41NS2.C7H14.C3H6.C2H6/c1-7-20(19-24(27-6)17-18-25(2,3)4)26(5)21-13-15-23(16-14-21)28-22-11-9-8-10-12-22;1-7-5-3-2-4-6-7;1-3-2;1-2/h7,19,21-23H,8-16H2,1-6H3;7H,2-6H2,1H3;3H,1H2,2H3;1-2H3/b20-7-,24-19-;;;. The highest BCUT2D eigenvalue weighted by atomic mass is 32.2. The van der Waals surface area contributed by atoms with Crippen LogP contribution in [0.15, 0.2) is 35.4 Å². The summed E-state index contributed by atoms with van der Waals surface area (Å²) >= 11 is 4.08. The number of thioether (sulfide) groups is 2. The Bertz CT molecular complexity index is 743. The summed E-state index contributed by atoms with van der Waals surface area (Å²) in [6, 6.07) is 0.671. The predicted molar refractivity (Wildman–Crippen MR) is 190 cm³/mol. The maximum absolute atomic E-state index is 3.39. The van der Waals surface area contributed by atoms with Gasteiger partial charge in [-0.25, -0.2) is 0 Å². The summed E-state index contributed by atoms with van der Waals surface area (Å²) in [7, 11) is 2.28. The molecule has 0 aromatic rings. The summed E-state index contributed by atoms with van der Waals surface area (Å²) < 4.78 is 0. The maximum Gasteiger partial charge on any atom is 0.0591 e. The lowest BCUT2D eigenvalue weighted by atomic mass is 9.91. The first-order chi connectivity index (χ1) is 19.1. The molecule has 0 unspecified atom stereocenters. The van der Waals surface area contributed by atoms with Gasteiger partial charge in [-0.05, 0) is 91.4 Å². The van der Waals surface area contributed by atoms with E-state index >= 15 is 0 Å². The van der Waals surface area contributed by atoms with Crippen LogP contribution >= 0.6 is 23.5 Å². The molecule has 0 radical (unpaired) electrons. The van der Waals surface area contributed by atoms with Crippen molar-refractivity contribution in [2.45, 2.75) is 162 Å². The van der Waals surface area contributed by atoms with Crippen LogP contribution in [0.3, 0.4) is 0 Å². The molecule has 0 amide bonds. The SMILES string of the molecule is C/C=C(/C=C(/C#CC(C)(C)C)SC)N(C)C1CCC(SC2CCCCC2)CC1.C=CC.CC.CC1CCCCC1. The van der Waals surface area contributed by atoms with E-state index in [0.717, 1.165) is 21.3 Å². The van der Waals surface area contributed by atoms with E-state index in [1.165, 1.54) is 95.6 Å². The Morgan fingerprint density at radius 1 is 0.825 bits per heavy atom. The number of likely N-dealkylation sites (N-methyl/N-ethyl adjacent to an activating group) is 1. The molecule has 3 fully saturated rings. The molecule has 3 rings (SSSR count). The van der Waals surface area contributed by atoms with E-state index < -0.39 is 0 Å². The molecule has 0 aromatic carbocycles. The van der Waals surface area contributed by atoms with Crippen LogP contribution in [0.25, 0.3) is 0 Å². The quantitative estimate of drug-likeness (QED) is 0.172. The summed E-state index contributed by atoms with van der Waals surface area (Å²) in [6.45, 7) is 20.3. The van der Waals surface area contributed by atoms with Crippen molar-refractivity contribution in [2.75, 3.05) is 13.3 Å². The monoisotopic (exact) mass is 589 g/mol. The molecule has 0 aliphatic heterocycles. The van der Waals surface area contributed by atoms with Gasteiger partial charge in [0.05, 0.1) is 4.91 Å². The number of hydrogen-bond acceptors (Lipinski definition) is 3. The Hall–Kier alpha value is -0.720. The molecule has 3 saturated carbocycles. The van der Waals surface area contributed by atoms with E-state index in [2.05, 4.69) is 95.2 Å². The normalized spacial score (nSPS) is 22.6. The first-order valence-corrected chi connectivity index (χ1v) is 18.7. The molecule has 0 saturated heterocycles. The molecule has 0 heterocycles. The molecule has 0 bridgehead atoms. The highest BCUT2D eigenvalue weighted by molar-refractivity contribution is 8.02. The van der Waals surface area contributed by atoms with E-state index in [9.17, 15) is 0 Å². The van der Waals surface area contributed by atoms with Crippen LogP contribution in [0.4, 0.5) is 0 Å². The van der Waals surface area contributed by atoms with Gasteiger partial charge in [0, 0.05) is 34.7 Å². The van der Waals surface area contributed by atoms with Crippen LogP contribution in [0.1, 0.15) is 145 Å². The zero-order chi connectivity index (χ0) is 30.4. The van der Waals surface area contributed by atoms with Gasteiger partial charge in [-0.3, -0.25) is 0 Å². The summed E-state index contributed by atoms with van der Waals surface area (Å²) in [5.74, 6) is 7.80. The van der Waals surface area contributed by atoms with Crippen LogP contribution in [-0.4, -0.2) is 34.7 Å². The highest BCUT2D eigenvalue weighted by Gasteiger charge is 2.27. The van der Waals surface area contributed by atoms with Crippen LogP contribution in [-0.2, 0) is 0 Å². The third-order valence-corrected chi connectivity index (χ3v) is 10.2. The predicted octanol–water partition coefficient (Wildman–Crippen LogP) is 12.3. The third-order valence-electron chi connectivity index (χ3n) is 7.79. The van der Waals surface area contributed by atoms with Crippen molar-refractivity contribution in [2.24, 2.45) is 11.3 Å². The molecule has 3 heteroatoms. The van der Waals surface area contributed by atoms with Crippen molar-refractivity contribution in [3.8, 4) is 11.8 Å². The molecule has 0 spiro atoms. The number of rotatable bonds is 6. The van der Waals surface area contributed by atoms with E-state index in [1.807, 2.05) is 20.8 Å². The van der Waals surface area contributed by atoms with Crippen molar-refractivity contribution in [1.29, 1.82) is 0 Å². The topological polar surface area (TPSA) is 3.24 Å². The molecule has 0 atom stereocenters. The van der Waals surface area contributed by atoms with E-state index in [-0.39, 0.29) is 5.41 Å². The van der Waals surface area contributed by atoms with E-state index in [1.54, 1.807) is 17.8 Å². The summed E-state index contributed by atoms with van der Waals surface area (Å²) in [5, 5.41) is 1.85. The van der Waals surface area contributed by atoms with Crippen molar-refractivity contribution in [1.82, 2.24) is 4.90 Å². The Morgan fingerprint density at radius 2 is 1.30 bits per heavy atom. The number of hydrogen-bond donors (Lipinski definition) is 0. The molecule has 232 valence electrons. The fourth-order valence-electron chi connectivity index (χ4n) is 5.48. The van der Waals surface area contributed by atoms with Gasteiger partial charge in [-0.2, -0.15) is 11.8 Å². The van der Waals surface area contributed by atoms with Crippen LogP contribution in [0.5, 0.6) is 0 Å².